The Bertz CT molecular complexity index is 376. The quantitative estimate of drug-likeness (QED) is 0.641. The number of carboxylic acid groups (broad SMARTS) is 1. The highest BCUT2D eigenvalue weighted by atomic mass is 32.2. The van der Waals surface area contributed by atoms with Crippen molar-refractivity contribution in [2.75, 3.05) is 6.26 Å². The van der Waals surface area contributed by atoms with Crippen LogP contribution in [-0.2, 0) is 11.2 Å². The number of nitrogens with zero attached hydrogens (tertiary/aromatic N) is 2. The first-order valence-electron chi connectivity index (χ1n) is 3.35. The van der Waals surface area contributed by atoms with Gasteiger partial charge in [-0.05, 0) is 6.26 Å². The van der Waals surface area contributed by atoms with Crippen molar-refractivity contribution in [3.8, 4) is 0 Å². The third-order valence-corrected chi connectivity index (χ3v) is 1.83. The number of carboxylic acids is 1. The summed E-state index contributed by atoms with van der Waals surface area (Å²) in [5.41, 5.74) is -0.577. The number of carbonyl (C=O) groups is 1. The number of nitrogens with one attached hydrogen (secondary N) is 1. The summed E-state index contributed by atoms with van der Waals surface area (Å²) in [5.74, 6) is -1.10. The van der Waals surface area contributed by atoms with Crippen LogP contribution in [-0.4, -0.2) is 32.5 Å². The first kappa shape index (κ1) is 9.72. The summed E-state index contributed by atoms with van der Waals surface area (Å²) in [6, 6.07) is 0. The summed E-state index contributed by atoms with van der Waals surface area (Å²) in [4.78, 5) is 23.8. The molecule has 0 aliphatic heterocycles. The van der Waals surface area contributed by atoms with Crippen molar-refractivity contribution in [1.82, 2.24) is 15.2 Å². The van der Waals surface area contributed by atoms with E-state index in [0.29, 0.717) is 5.16 Å². The van der Waals surface area contributed by atoms with Gasteiger partial charge in [-0.1, -0.05) is 11.8 Å². The van der Waals surface area contributed by atoms with Gasteiger partial charge in [-0.3, -0.25) is 14.6 Å². The Labute approximate surface area is 77.4 Å². The molecule has 70 valence electrons. The Balaban J connectivity index is 2.99. The summed E-state index contributed by atoms with van der Waals surface area (Å²) in [6.45, 7) is 0. The molecule has 0 saturated carbocycles. The minimum absolute atomic E-state index is 0.0784. The number of hydrogen-bond acceptors (Lipinski definition) is 5. The molecule has 0 bridgehead atoms. The van der Waals surface area contributed by atoms with E-state index in [1.807, 2.05) is 0 Å². The number of rotatable bonds is 3. The zero-order valence-electron chi connectivity index (χ0n) is 6.77. The summed E-state index contributed by atoms with van der Waals surface area (Å²) >= 11 is 1.23. The molecule has 13 heavy (non-hydrogen) atoms. The Kier molecular flexibility index (Phi) is 3.02. The molecule has 0 spiro atoms. The van der Waals surface area contributed by atoms with Crippen LogP contribution in [0.2, 0.25) is 0 Å². The molecule has 0 aliphatic carbocycles. The van der Waals surface area contributed by atoms with Crippen LogP contribution in [0.4, 0.5) is 0 Å². The van der Waals surface area contributed by atoms with Gasteiger partial charge < -0.3 is 5.11 Å². The number of aromatic nitrogens is 3. The maximum absolute atomic E-state index is 11.1. The largest absolute Gasteiger partial charge is 0.481 e. The summed E-state index contributed by atoms with van der Waals surface area (Å²) < 4.78 is 0. The second kappa shape index (κ2) is 4.04. The lowest BCUT2D eigenvalue weighted by molar-refractivity contribution is -0.136. The Morgan fingerprint density at radius 2 is 2.31 bits per heavy atom. The molecule has 1 rings (SSSR count). The van der Waals surface area contributed by atoms with Gasteiger partial charge in [0.1, 0.15) is 5.69 Å². The van der Waals surface area contributed by atoms with E-state index in [2.05, 4.69) is 15.2 Å². The average molecular weight is 201 g/mol. The second-order valence-electron chi connectivity index (χ2n) is 2.18. The van der Waals surface area contributed by atoms with Gasteiger partial charge in [-0.2, -0.15) is 0 Å². The van der Waals surface area contributed by atoms with Gasteiger partial charge in [0.2, 0.25) is 0 Å². The number of aromatic amines is 1. The van der Waals surface area contributed by atoms with Crippen LogP contribution in [0, 0.1) is 0 Å². The van der Waals surface area contributed by atoms with Crippen molar-refractivity contribution >= 4 is 17.7 Å². The third kappa shape index (κ3) is 2.55. The fourth-order valence-electron chi connectivity index (χ4n) is 0.696. The molecular weight excluding hydrogens is 194 g/mol. The molecule has 0 unspecified atom stereocenters. The first-order chi connectivity index (χ1) is 6.13. The molecule has 0 aliphatic rings. The standard InChI is InChI=1S/C6H7N3O3S/c1-13-6-7-5(12)3(8-9-6)2-4(10)11/h2H2,1H3,(H,10,11)(H,7,9,12). The Morgan fingerprint density at radius 3 is 2.77 bits per heavy atom. The van der Waals surface area contributed by atoms with E-state index >= 15 is 0 Å². The van der Waals surface area contributed by atoms with Crippen LogP contribution < -0.4 is 5.56 Å². The van der Waals surface area contributed by atoms with E-state index < -0.39 is 17.9 Å². The molecule has 0 aromatic carbocycles. The van der Waals surface area contributed by atoms with Crippen LogP contribution in [0.3, 0.4) is 0 Å². The van der Waals surface area contributed by atoms with E-state index in [-0.39, 0.29) is 5.69 Å². The molecular formula is C6H7N3O3S. The number of H-pyrrole nitrogens is 1. The zero-order chi connectivity index (χ0) is 9.84. The van der Waals surface area contributed by atoms with E-state index in [4.69, 9.17) is 5.11 Å². The van der Waals surface area contributed by atoms with Crippen molar-refractivity contribution < 1.29 is 9.90 Å². The highest BCUT2D eigenvalue weighted by Crippen LogP contribution is 2.02. The minimum atomic E-state index is -1.10. The lowest BCUT2D eigenvalue weighted by Crippen LogP contribution is -2.20. The molecule has 0 fully saturated rings. The normalized spacial score (nSPS) is 9.92. The monoisotopic (exact) mass is 201 g/mol. The van der Waals surface area contributed by atoms with Crippen LogP contribution >= 0.6 is 11.8 Å². The molecule has 0 amide bonds. The average Bonchev–Trinajstić information content (AvgIpc) is 2.08. The van der Waals surface area contributed by atoms with Crippen molar-refractivity contribution in [1.29, 1.82) is 0 Å². The summed E-state index contributed by atoms with van der Waals surface area (Å²) in [7, 11) is 0. The molecule has 6 nitrogen and oxygen atoms in total. The van der Waals surface area contributed by atoms with Crippen molar-refractivity contribution in [3.05, 3.63) is 16.0 Å². The Hall–Kier alpha value is -1.37. The van der Waals surface area contributed by atoms with E-state index in [1.54, 1.807) is 6.26 Å². The molecule has 1 aromatic heterocycles. The third-order valence-electron chi connectivity index (χ3n) is 1.26. The molecule has 1 heterocycles. The maximum atomic E-state index is 11.1. The predicted octanol–water partition coefficient (Wildman–Crippen LogP) is -0.486. The fraction of sp³-hybridized carbons (Fsp3) is 0.333. The van der Waals surface area contributed by atoms with Crippen molar-refractivity contribution in [2.45, 2.75) is 11.6 Å². The lowest BCUT2D eigenvalue weighted by atomic mass is 10.3. The SMILES string of the molecule is CSc1nnc(CC(=O)O)c(=O)[nH]1. The van der Waals surface area contributed by atoms with Crippen molar-refractivity contribution in [2.24, 2.45) is 0 Å². The van der Waals surface area contributed by atoms with Crippen molar-refractivity contribution in [3.63, 3.8) is 0 Å². The molecule has 1 aromatic rings. The highest BCUT2D eigenvalue weighted by molar-refractivity contribution is 7.98. The summed E-state index contributed by atoms with van der Waals surface area (Å²) in [5, 5.41) is 15.9. The summed E-state index contributed by atoms with van der Waals surface area (Å²) in [6.07, 6.45) is 1.33. The van der Waals surface area contributed by atoms with Gasteiger partial charge >= 0.3 is 5.97 Å². The fourth-order valence-corrected chi connectivity index (χ4v) is 1.01. The molecule has 2 N–H and O–H groups in total. The van der Waals surface area contributed by atoms with Gasteiger partial charge in [-0.25, -0.2) is 0 Å². The molecule has 7 heteroatoms. The number of aliphatic carboxylic acids is 1. The lowest BCUT2D eigenvalue weighted by Gasteiger charge is -1.95. The zero-order valence-corrected chi connectivity index (χ0v) is 7.59. The predicted molar refractivity (Wildman–Crippen MR) is 45.8 cm³/mol. The van der Waals surface area contributed by atoms with E-state index in [0.717, 1.165) is 0 Å². The Morgan fingerprint density at radius 1 is 1.62 bits per heavy atom. The van der Waals surface area contributed by atoms with E-state index in [1.165, 1.54) is 11.8 Å². The van der Waals surface area contributed by atoms with Gasteiger partial charge in [0.05, 0.1) is 6.42 Å². The number of thioether (sulfide) groups is 1. The van der Waals surface area contributed by atoms with E-state index in [9.17, 15) is 9.59 Å². The minimum Gasteiger partial charge on any atom is -0.481 e. The highest BCUT2D eigenvalue weighted by Gasteiger charge is 2.07. The van der Waals surface area contributed by atoms with Crippen LogP contribution in [0.25, 0.3) is 0 Å². The number of hydrogen-bond donors (Lipinski definition) is 2. The topological polar surface area (TPSA) is 95.9 Å². The van der Waals surface area contributed by atoms with Gasteiger partial charge in [0, 0.05) is 0 Å². The van der Waals surface area contributed by atoms with Gasteiger partial charge in [0.25, 0.3) is 5.56 Å². The smallest absolute Gasteiger partial charge is 0.309 e. The molecule has 0 radical (unpaired) electrons. The van der Waals surface area contributed by atoms with Crippen LogP contribution in [0.1, 0.15) is 5.69 Å². The maximum Gasteiger partial charge on any atom is 0.309 e. The van der Waals surface area contributed by atoms with Gasteiger partial charge in [0.15, 0.2) is 5.16 Å². The molecule has 0 atom stereocenters. The van der Waals surface area contributed by atoms with Gasteiger partial charge in [-0.15, -0.1) is 10.2 Å². The van der Waals surface area contributed by atoms with Crippen LogP contribution in [0.5, 0.6) is 0 Å². The second-order valence-corrected chi connectivity index (χ2v) is 2.98. The van der Waals surface area contributed by atoms with Crippen LogP contribution in [0.15, 0.2) is 9.95 Å². The molecule has 0 saturated heterocycles. The first-order valence-corrected chi connectivity index (χ1v) is 4.57.